The fraction of sp³-hybridized carbons (Fsp3) is 0.190. The number of methoxy groups -OCH3 is 1. The number of carbonyl (C=O) groups excluding carboxylic acids is 1. The number of nitro benzene ring substituents is 1. The predicted molar refractivity (Wildman–Crippen MR) is 108 cm³/mol. The molecule has 0 saturated heterocycles. The van der Waals surface area contributed by atoms with Gasteiger partial charge in [0.1, 0.15) is 11.4 Å². The van der Waals surface area contributed by atoms with Crippen molar-refractivity contribution < 1.29 is 14.5 Å². The Morgan fingerprint density at radius 3 is 2.61 bits per heavy atom. The van der Waals surface area contributed by atoms with Crippen LogP contribution in [0.4, 0.5) is 17.1 Å². The van der Waals surface area contributed by atoms with Gasteiger partial charge in [-0.25, -0.2) is 0 Å². The maximum absolute atomic E-state index is 12.4. The molecule has 7 nitrogen and oxygen atoms in total. The molecule has 0 aliphatic heterocycles. The largest absolute Gasteiger partial charge is 0.496 e. The number of nitrogens with zero attached hydrogens (tertiary/aromatic N) is 1. The summed E-state index contributed by atoms with van der Waals surface area (Å²) in [6.07, 6.45) is 2.08. The summed E-state index contributed by atoms with van der Waals surface area (Å²) < 4.78 is 5.01. The number of rotatable bonds is 6. The van der Waals surface area contributed by atoms with Crippen molar-refractivity contribution >= 4 is 33.7 Å². The topological polar surface area (TPSA) is 93.5 Å². The highest BCUT2D eigenvalue weighted by molar-refractivity contribution is 6.01. The van der Waals surface area contributed by atoms with E-state index in [1.54, 1.807) is 6.07 Å². The van der Waals surface area contributed by atoms with E-state index in [1.807, 2.05) is 18.2 Å². The number of aryl methyl sites for hydroxylation is 2. The van der Waals surface area contributed by atoms with Crippen LogP contribution >= 0.6 is 0 Å². The number of ether oxygens (including phenoxy) is 1. The van der Waals surface area contributed by atoms with Crippen LogP contribution in [0.5, 0.6) is 5.75 Å². The fourth-order valence-electron chi connectivity index (χ4n) is 3.67. The van der Waals surface area contributed by atoms with Crippen molar-refractivity contribution in [1.29, 1.82) is 0 Å². The van der Waals surface area contributed by atoms with Crippen LogP contribution in [0.25, 0.3) is 10.8 Å². The Kier molecular flexibility index (Phi) is 4.57. The van der Waals surface area contributed by atoms with Crippen molar-refractivity contribution in [2.24, 2.45) is 0 Å². The second-order valence-electron chi connectivity index (χ2n) is 6.65. The van der Waals surface area contributed by atoms with Crippen LogP contribution in [-0.2, 0) is 17.6 Å². The maximum atomic E-state index is 12.4. The predicted octanol–water partition coefficient (Wildman–Crippen LogP) is 3.91. The smallest absolute Gasteiger partial charge is 0.296 e. The lowest BCUT2D eigenvalue weighted by Gasteiger charge is -2.12. The highest BCUT2D eigenvalue weighted by Gasteiger charge is 2.18. The van der Waals surface area contributed by atoms with E-state index in [9.17, 15) is 14.9 Å². The molecule has 1 aliphatic rings. The molecule has 1 amide bonds. The normalized spacial score (nSPS) is 12.0. The minimum Gasteiger partial charge on any atom is -0.496 e. The van der Waals surface area contributed by atoms with Gasteiger partial charge in [-0.2, -0.15) is 0 Å². The second-order valence-corrected chi connectivity index (χ2v) is 6.65. The van der Waals surface area contributed by atoms with E-state index in [4.69, 9.17) is 4.74 Å². The molecule has 0 fully saturated rings. The number of anilines is 2. The maximum Gasteiger partial charge on any atom is 0.296 e. The summed E-state index contributed by atoms with van der Waals surface area (Å²) in [6.45, 7) is 0.00184. The molecule has 0 saturated carbocycles. The van der Waals surface area contributed by atoms with Gasteiger partial charge in [0, 0.05) is 11.1 Å². The number of hydrogen-bond acceptors (Lipinski definition) is 5. The molecule has 3 aromatic carbocycles. The molecule has 1 aliphatic carbocycles. The third-order valence-corrected chi connectivity index (χ3v) is 4.99. The van der Waals surface area contributed by atoms with Crippen molar-refractivity contribution in [3.63, 3.8) is 0 Å². The standard InChI is InChI=1S/C21H19N3O4/c1-28-15-8-10-18(19(11-15)24(26)27)23-20(25)12-22-17-9-7-14-6-5-13-3-2-4-16(17)21(13)14/h2-4,7-11,22H,5-6,12H2,1H3,(H,23,25). The van der Waals surface area contributed by atoms with Crippen LogP contribution < -0.4 is 15.4 Å². The highest BCUT2D eigenvalue weighted by atomic mass is 16.6. The zero-order valence-corrected chi connectivity index (χ0v) is 15.3. The minimum atomic E-state index is -0.547. The number of benzene rings is 3. The van der Waals surface area contributed by atoms with Gasteiger partial charge in [-0.05, 0) is 47.6 Å². The molecular weight excluding hydrogens is 358 g/mol. The van der Waals surface area contributed by atoms with Gasteiger partial charge >= 0.3 is 0 Å². The van der Waals surface area contributed by atoms with E-state index in [0.717, 1.165) is 23.9 Å². The first-order valence-electron chi connectivity index (χ1n) is 8.96. The molecule has 142 valence electrons. The van der Waals surface area contributed by atoms with E-state index < -0.39 is 4.92 Å². The van der Waals surface area contributed by atoms with E-state index in [-0.39, 0.29) is 23.8 Å². The number of carbonyl (C=O) groups is 1. The molecule has 0 heterocycles. The van der Waals surface area contributed by atoms with Gasteiger partial charge in [0.05, 0.1) is 24.6 Å². The molecule has 7 heteroatoms. The third kappa shape index (κ3) is 3.22. The molecule has 4 rings (SSSR count). The van der Waals surface area contributed by atoms with Crippen LogP contribution in [0.1, 0.15) is 11.1 Å². The van der Waals surface area contributed by atoms with Crippen LogP contribution in [0, 0.1) is 10.1 Å². The molecule has 28 heavy (non-hydrogen) atoms. The first-order chi connectivity index (χ1) is 13.6. The van der Waals surface area contributed by atoms with Gasteiger partial charge in [-0.3, -0.25) is 14.9 Å². The quantitative estimate of drug-likeness (QED) is 0.502. The fourth-order valence-corrected chi connectivity index (χ4v) is 3.67. The zero-order chi connectivity index (χ0) is 19.7. The van der Waals surface area contributed by atoms with E-state index in [0.29, 0.717) is 5.75 Å². The molecule has 0 unspecified atom stereocenters. The molecule has 0 bridgehead atoms. The molecule has 3 aromatic rings. The lowest BCUT2D eigenvalue weighted by molar-refractivity contribution is -0.384. The summed E-state index contributed by atoms with van der Waals surface area (Å²) in [5.41, 5.74) is 3.46. The number of amides is 1. The second kappa shape index (κ2) is 7.19. The van der Waals surface area contributed by atoms with Gasteiger partial charge in [-0.1, -0.05) is 24.3 Å². The third-order valence-electron chi connectivity index (χ3n) is 4.99. The van der Waals surface area contributed by atoms with Crippen LogP contribution in [-0.4, -0.2) is 24.5 Å². The Balaban J connectivity index is 1.51. The van der Waals surface area contributed by atoms with Crippen molar-refractivity contribution in [2.75, 3.05) is 24.3 Å². The average Bonchev–Trinajstić information content (AvgIpc) is 3.12. The van der Waals surface area contributed by atoms with Crippen LogP contribution in [0.15, 0.2) is 48.5 Å². The SMILES string of the molecule is COc1ccc(NC(=O)CNc2ccc3c4c(cccc24)CC3)c([N+](=O)[O-])c1. The Morgan fingerprint density at radius 1 is 1.11 bits per heavy atom. The monoisotopic (exact) mass is 377 g/mol. The van der Waals surface area contributed by atoms with Gasteiger partial charge in [-0.15, -0.1) is 0 Å². The van der Waals surface area contributed by atoms with Gasteiger partial charge in [0.25, 0.3) is 5.69 Å². The van der Waals surface area contributed by atoms with Crippen molar-refractivity contribution in [1.82, 2.24) is 0 Å². The molecule has 0 atom stereocenters. The summed E-state index contributed by atoms with van der Waals surface area (Å²) in [6, 6.07) is 14.6. The number of hydrogen-bond donors (Lipinski definition) is 2. The van der Waals surface area contributed by atoms with E-state index in [2.05, 4.69) is 22.8 Å². The first-order valence-corrected chi connectivity index (χ1v) is 8.96. The summed E-state index contributed by atoms with van der Waals surface area (Å²) in [4.78, 5) is 23.1. The van der Waals surface area contributed by atoms with E-state index in [1.165, 1.54) is 35.8 Å². The Hall–Kier alpha value is -3.61. The molecule has 2 N–H and O–H groups in total. The Labute approximate surface area is 161 Å². The summed E-state index contributed by atoms with van der Waals surface area (Å²) >= 11 is 0. The summed E-state index contributed by atoms with van der Waals surface area (Å²) in [5.74, 6) is -0.00719. The summed E-state index contributed by atoms with van der Waals surface area (Å²) in [5, 5.41) is 19.4. The number of nitro groups is 1. The Bertz CT molecular complexity index is 1080. The molecule has 0 radical (unpaired) electrons. The van der Waals surface area contributed by atoms with Crippen LogP contribution in [0.3, 0.4) is 0 Å². The van der Waals surface area contributed by atoms with Crippen molar-refractivity contribution in [2.45, 2.75) is 12.8 Å². The summed E-state index contributed by atoms with van der Waals surface area (Å²) in [7, 11) is 1.43. The van der Waals surface area contributed by atoms with Crippen LogP contribution in [0.2, 0.25) is 0 Å². The van der Waals surface area contributed by atoms with Crippen molar-refractivity contribution in [3.05, 3.63) is 69.8 Å². The molecule has 0 aromatic heterocycles. The van der Waals surface area contributed by atoms with Gasteiger partial charge < -0.3 is 15.4 Å². The van der Waals surface area contributed by atoms with Gasteiger partial charge in [0.2, 0.25) is 5.91 Å². The minimum absolute atomic E-state index is 0.00184. The Morgan fingerprint density at radius 2 is 1.86 bits per heavy atom. The number of nitrogens with one attached hydrogen (secondary N) is 2. The lowest BCUT2D eigenvalue weighted by atomic mass is 10.0. The zero-order valence-electron chi connectivity index (χ0n) is 15.3. The lowest BCUT2D eigenvalue weighted by Crippen LogP contribution is -2.22. The first kappa shape index (κ1) is 17.8. The van der Waals surface area contributed by atoms with E-state index >= 15 is 0 Å². The van der Waals surface area contributed by atoms with Gasteiger partial charge in [0.15, 0.2) is 0 Å². The van der Waals surface area contributed by atoms with Crippen molar-refractivity contribution in [3.8, 4) is 5.75 Å². The average molecular weight is 377 g/mol. The highest BCUT2D eigenvalue weighted by Crippen LogP contribution is 2.35. The molecular formula is C21H19N3O4. The molecule has 0 spiro atoms.